The highest BCUT2D eigenvalue weighted by atomic mass is 19.1. The number of halogens is 3. The van der Waals surface area contributed by atoms with Gasteiger partial charge in [-0.2, -0.15) is 15.2 Å². The molecule has 17 nitrogen and oxygen atoms in total. The van der Waals surface area contributed by atoms with E-state index in [1.54, 1.807) is 6.07 Å². The maximum absolute atomic E-state index is 13.9. The Bertz CT molecular complexity index is 2260. The van der Waals surface area contributed by atoms with E-state index in [-0.39, 0.29) is 86.9 Å². The molecule has 272 valence electrons. The molecule has 2 aliphatic rings. The van der Waals surface area contributed by atoms with Gasteiger partial charge in [-0.1, -0.05) is 5.16 Å². The van der Waals surface area contributed by atoms with Gasteiger partial charge in [0.2, 0.25) is 11.7 Å². The van der Waals surface area contributed by atoms with Crippen LogP contribution in [0.25, 0.3) is 33.9 Å². The van der Waals surface area contributed by atoms with Crippen molar-refractivity contribution in [2.45, 2.75) is 17.9 Å². The third-order valence-corrected chi connectivity index (χ3v) is 7.61. The molecule has 2 fully saturated rings. The van der Waals surface area contributed by atoms with Gasteiger partial charge in [0, 0.05) is 53.6 Å². The zero-order valence-electron chi connectivity index (χ0n) is 27.4. The molecule has 0 unspecified atom stereocenters. The number of hydrogen-bond acceptors (Lipinski definition) is 15. The maximum Gasteiger partial charge on any atom is 0.316 e. The molecule has 6 aromatic rings. The number of H-pyrrole nitrogens is 1. The largest absolute Gasteiger partial charge is 0.460 e. The van der Waals surface area contributed by atoms with Crippen LogP contribution in [0, 0.1) is 5.82 Å². The molecule has 0 saturated carbocycles. The van der Waals surface area contributed by atoms with Crippen LogP contribution in [0.5, 0.6) is 12.0 Å². The molecule has 0 aliphatic carbocycles. The molecule has 2 saturated heterocycles. The monoisotopic (exact) mass is 732 g/mol. The van der Waals surface area contributed by atoms with Gasteiger partial charge in [-0.3, -0.25) is 9.59 Å². The molecule has 8 rings (SSSR count). The van der Waals surface area contributed by atoms with Crippen LogP contribution >= 0.6 is 0 Å². The molecule has 2 aliphatic heterocycles. The van der Waals surface area contributed by atoms with Gasteiger partial charge in [-0.25, -0.2) is 42.9 Å². The molecule has 20 heteroatoms. The molecule has 1 aromatic carbocycles. The van der Waals surface area contributed by atoms with Gasteiger partial charge in [0.1, 0.15) is 25.6 Å². The van der Waals surface area contributed by atoms with Crippen molar-refractivity contribution in [3.63, 3.8) is 0 Å². The molecule has 0 atom stereocenters. The number of nitrogens with one attached hydrogen (secondary N) is 1. The first-order chi connectivity index (χ1) is 25.6. The van der Waals surface area contributed by atoms with Crippen molar-refractivity contribution >= 4 is 0 Å². The highest BCUT2D eigenvalue weighted by Gasteiger charge is 2.40. The predicted molar refractivity (Wildman–Crippen MR) is 175 cm³/mol. The van der Waals surface area contributed by atoms with Crippen molar-refractivity contribution in [1.82, 2.24) is 50.1 Å². The summed E-state index contributed by atoms with van der Waals surface area (Å²) < 4.78 is 67.1. The Morgan fingerprint density at radius 2 is 1.30 bits per heavy atom. The van der Waals surface area contributed by atoms with Gasteiger partial charge in [0.15, 0.2) is 11.3 Å². The lowest BCUT2D eigenvalue weighted by atomic mass is 10.1. The van der Waals surface area contributed by atoms with E-state index in [9.17, 15) is 22.8 Å². The number of rotatable bonds is 11. The van der Waals surface area contributed by atoms with Gasteiger partial charge in [-0.15, -0.1) is 0 Å². The van der Waals surface area contributed by atoms with Crippen LogP contribution in [0.1, 0.15) is 5.89 Å². The standard InChI is InChI=1S/C21H16F2N6O4.C12H11FN4O3/c22-15-3-1-13(2-4-15)19-26-17(33-28-19)9-29-18(30)6-5-16(27-29)14-7-24-20(25-8-14)32-12-21(23)10-31-11-21;13-12(5-19-6-12)7-20-11-14-3-8(4-15-11)9-1-2-10(18)17-16-9/h1-8H,9-12H2;1-4H,5-7H2,(H,17,18). The Hall–Kier alpha value is -6.41. The van der Waals surface area contributed by atoms with Gasteiger partial charge in [-0.05, 0) is 36.4 Å². The molecule has 7 heterocycles. The lowest BCUT2D eigenvalue weighted by molar-refractivity contribution is -0.147. The fourth-order valence-corrected chi connectivity index (χ4v) is 4.63. The number of nitrogens with zero attached hydrogens (tertiary/aromatic N) is 9. The lowest BCUT2D eigenvalue weighted by Crippen LogP contribution is -2.50. The number of ether oxygens (including phenoxy) is 4. The zero-order chi connectivity index (χ0) is 36.8. The molecule has 0 spiro atoms. The van der Waals surface area contributed by atoms with Crippen molar-refractivity contribution in [3.8, 4) is 45.9 Å². The zero-order valence-corrected chi connectivity index (χ0v) is 27.4. The van der Waals surface area contributed by atoms with Gasteiger partial charge >= 0.3 is 12.0 Å². The summed E-state index contributed by atoms with van der Waals surface area (Å²) >= 11 is 0. The highest BCUT2D eigenvalue weighted by molar-refractivity contribution is 5.56. The third-order valence-electron chi connectivity index (χ3n) is 7.61. The maximum atomic E-state index is 13.9. The van der Waals surface area contributed by atoms with E-state index in [1.807, 2.05) is 0 Å². The lowest BCUT2D eigenvalue weighted by Gasteiger charge is -2.32. The topological polar surface area (TPSA) is 208 Å². The smallest absolute Gasteiger partial charge is 0.316 e. The van der Waals surface area contributed by atoms with Crippen LogP contribution in [0.4, 0.5) is 13.2 Å². The van der Waals surface area contributed by atoms with E-state index in [0.717, 1.165) is 4.68 Å². The summed E-state index contributed by atoms with van der Waals surface area (Å²) in [5.74, 6) is 0.0424. The first-order valence-electron chi connectivity index (χ1n) is 15.8. The Labute approximate surface area is 295 Å². The number of hydrogen-bond donors (Lipinski definition) is 1. The van der Waals surface area contributed by atoms with E-state index >= 15 is 0 Å². The van der Waals surface area contributed by atoms with E-state index in [2.05, 4.69) is 45.4 Å². The predicted octanol–water partition coefficient (Wildman–Crippen LogP) is 2.40. The van der Waals surface area contributed by atoms with Gasteiger partial charge in [0.25, 0.3) is 11.1 Å². The molecule has 53 heavy (non-hydrogen) atoms. The number of aromatic amines is 1. The average Bonchev–Trinajstić information content (AvgIpc) is 3.62. The number of alkyl halides is 2. The van der Waals surface area contributed by atoms with Crippen molar-refractivity contribution < 1.29 is 36.6 Å². The van der Waals surface area contributed by atoms with Gasteiger partial charge in [0.05, 0.1) is 37.8 Å². The summed E-state index contributed by atoms with van der Waals surface area (Å²) in [5, 5.41) is 14.3. The van der Waals surface area contributed by atoms with Crippen LogP contribution in [0.15, 0.2) is 87.4 Å². The van der Waals surface area contributed by atoms with Crippen molar-refractivity contribution in [3.05, 3.63) is 106 Å². The van der Waals surface area contributed by atoms with E-state index < -0.39 is 11.3 Å². The summed E-state index contributed by atoms with van der Waals surface area (Å²) in [5.41, 5.74) is -0.941. The summed E-state index contributed by atoms with van der Waals surface area (Å²) in [6.07, 6.45) is 5.90. The fourth-order valence-electron chi connectivity index (χ4n) is 4.63. The molecule has 0 radical (unpaired) electrons. The molecular formula is C33H27F3N10O7. The second-order valence-corrected chi connectivity index (χ2v) is 11.9. The molecule has 0 amide bonds. The quantitative estimate of drug-likeness (QED) is 0.203. The Morgan fingerprint density at radius 1 is 0.736 bits per heavy atom. The first kappa shape index (κ1) is 35.0. The summed E-state index contributed by atoms with van der Waals surface area (Å²) in [6.45, 7) is -0.352. The molecule has 5 aromatic heterocycles. The minimum absolute atomic E-state index is 0.0119. The van der Waals surface area contributed by atoms with Crippen LogP contribution < -0.4 is 20.6 Å². The van der Waals surface area contributed by atoms with E-state index in [4.69, 9.17) is 23.5 Å². The second-order valence-electron chi connectivity index (χ2n) is 11.9. The Balaban J connectivity index is 0.000000186. The molecule has 1 N–H and O–H groups in total. The number of benzene rings is 1. The SMILES string of the molecule is O=c1ccc(-c2cnc(OCC3(F)COC3)nc2)n[nH]1.O=c1ccc(-c2cnc(OCC3(F)COC3)nc2)nn1Cc1nc(-c2ccc(F)cc2)no1. The minimum atomic E-state index is -1.51. The van der Waals surface area contributed by atoms with Crippen molar-refractivity contribution in [2.75, 3.05) is 39.6 Å². The highest BCUT2D eigenvalue weighted by Crippen LogP contribution is 2.24. The number of aromatic nitrogens is 10. The van der Waals surface area contributed by atoms with Crippen molar-refractivity contribution in [1.29, 1.82) is 0 Å². The molecule has 0 bridgehead atoms. The normalized spacial score (nSPS) is 15.3. The average molecular weight is 733 g/mol. The Kier molecular flexibility index (Phi) is 9.95. The fraction of sp³-hybridized carbons (Fsp3) is 0.273. The van der Waals surface area contributed by atoms with E-state index in [1.165, 1.54) is 67.3 Å². The molecular weight excluding hydrogens is 705 g/mol. The van der Waals surface area contributed by atoms with Crippen LogP contribution in [0.3, 0.4) is 0 Å². The third kappa shape index (κ3) is 8.73. The van der Waals surface area contributed by atoms with E-state index in [0.29, 0.717) is 28.1 Å². The van der Waals surface area contributed by atoms with Crippen LogP contribution in [-0.4, -0.2) is 101 Å². The summed E-state index contributed by atoms with van der Waals surface area (Å²) in [4.78, 5) is 43.4. The van der Waals surface area contributed by atoms with Crippen LogP contribution in [0.2, 0.25) is 0 Å². The summed E-state index contributed by atoms with van der Waals surface area (Å²) in [7, 11) is 0. The van der Waals surface area contributed by atoms with Gasteiger partial charge < -0.3 is 23.5 Å². The second kappa shape index (κ2) is 15.1. The first-order valence-corrected chi connectivity index (χ1v) is 15.8. The minimum Gasteiger partial charge on any atom is -0.460 e. The van der Waals surface area contributed by atoms with Crippen molar-refractivity contribution in [2.24, 2.45) is 0 Å². The van der Waals surface area contributed by atoms with Crippen LogP contribution in [-0.2, 0) is 16.0 Å². The summed E-state index contributed by atoms with van der Waals surface area (Å²) in [6, 6.07) is 11.5. The Morgan fingerprint density at radius 3 is 1.83 bits per heavy atom.